The van der Waals surface area contributed by atoms with Crippen LogP contribution in [0.1, 0.15) is 6.42 Å². The topological polar surface area (TPSA) is 116 Å². The van der Waals surface area contributed by atoms with Crippen LogP contribution in [-0.4, -0.2) is 41.8 Å². The van der Waals surface area contributed by atoms with Crippen LogP contribution in [0.15, 0.2) is 0 Å². The second kappa shape index (κ2) is 5.18. The first-order chi connectivity index (χ1) is 5.77. The highest BCUT2D eigenvalue weighted by Crippen LogP contribution is 2.41. The molecule has 0 aliphatic rings. The van der Waals surface area contributed by atoms with Crippen molar-refractivity contribution >= 4 is 16.6 Å². The molecule has 0 fully saturated rings. The minimum atomic E-state index is -4.06. The van der Waals surface area contributed by atoms with Crippen molar-refractivity contribution < 1.29 is 32.9 Å². The van der Waals surface area contributed by atoms with Gasteiger partial charge in [0.25, 0.3) is 0 Å². The normalized spacial score (nSPS) is 17.0. The molecule has 0 saturated heterocycles. The highest BCUT2D eigenvalue weighted by atomic mass is 31.2. The lowest BCUT2D eigenvalue weighted by molar-refractivity contribution is 0.167. The Balaban J connectivity index is 3.53. The molecule has 0 aromatic heterocycles. The third-order valence-electron chi connectivity index (χ3n) is 1.14. The van der Waals surface area contributed by atoms with Gasteiger partial charge in [-0.15, -0.1) is 0 Å². The van der Waals surface area contributed by atoms with Crippen molar-refractivity contribution in [3.05, 3.63) is 0 Å². The lowest BCUT2D eigenvalue weighted by Crippen LogP contribution is -2.34. The lowest BCUT2D eigenvalue weighted by atomic mass is 10.5. The van der Waals surface area contributed by atoms with Gasteiger partial charge in [0.15, 0.2) is 0 Å². The summed E-state index contributed by atoms with van der Waals surface area (Å²) in [5.41, 5.74) is 0. The van der Waals surface area contributed by atoms with Crippen molar-refractivity contribution in [1.82, 2.24) is 0 Å². The van der Waals surface area contributed by atoms with Gasteiger partial charge in [-0.3, -0.25) is 9.05 Å². The Morgan fingerprint density at radius 1 is 1.38 bits per heavy atom. The third-order valence-corrected chi connectivity index (χ3v) is 3.14. The fourth-order valence-electron chi connectivity index (χ4n) is 0.542. The predicted molar refractivity (Wildman–Crippen MR) is 44.6 cm³/mol. The number of rotatable bonds is 6. The zero-order valence-corrected chi connectivity index (χ0v) is 8.98. The van der Waals surface area contributed by atoms with E-state index in [0.717, 1.165) is 7.11 Å². The van der Waals surface area contributed by atoms with Crippen molar-refractivity contribution in [3.8, 4) is 0 Å². The molecule has 0 bridgehead atoms. The average Bonchev–Trinajstić information content (AvgIpc) is 1.97. The summed E-state index contributed by atoms with van der Waals surface area (Å²) >= 11 is 0. The molecule has 0 amide bonds. The largest absolute Gasteiger partial charge is 0.492 e. The fourth-order valence-corrected chi connectivity index (χ4v) is 1.63. The second-order valence-corrected chi connectivity index (χ2v) is 5.97. The van der Waals surface area contributed by atoms with Gasteiger partial charge in [0.1, 0.15) is 0 Å². The summed E-state index contributed by atoms with van der Waals surface area (Å²) in [7, 11) is -7.02. The Kier molecular flexibility index (Phi) is 5.26. The Bertz CT molecular complexity index is 189. The van der Waals surface area contributed by atoms with Crippen LogP contribution in [0.3, 0.4) is 0 Å². The molecule has 0 aliphatic heterocycles. The monoisotopic (exact) mass is 232 g/mol. The molecule has 0 spiro atoms. The van der Waals surface area contributed by atoms with Crippen LogP contribution in [0, 0.1) is 0 Å². The molecular weight excluding hydrogens is 219 g/mol. The van der Waals surface area contributed by atoms with Gasteiger partial charge in [-0.05, 0) is 6.42 Å². The maximum atomic E-state index is 10.6. The number of phosphoric ester groups is 1. The van der Waals surface area contributed by atoms with Crippen LogP contribution < -0.4 is 0 Å². The second-order valence-electron chi connectivity index (χ2n) is 2.36. The summed E-state index contributed by atoms with van der Waals surface area (Å²) in [4.78, 5) is 34.3. The van der Waals surface area contributed by atoms with Gasteiger partial charge >= 0.3 is 16.6 Å². The number of hydrogen-bond donors (Lipinski definition) is 4. The first-order valence-corrected chi connectivity index (χ1v) is 7.01. The molecule has 0 rings (SSSR count). The SMILES string of the molecule is COP(=O)(O)OCCC[Si](O)(O)O. The molecule has 80 valence electrons. The van der Waals surface area contributed by atoms with Crippen molar-refractivity contribution in [2.75, 3.05) is 13.7 Å². The maximum Gasteiger partial charge on any atom is 0.492 e. The molecule has 0 aromatic carbocycles. The van der Waals surface area contributed by atoms with E-state index >= 15 is 0 Å². The molecular formula is C4H13O7PSi. The average molecular weight is 232 g/mol. The van der Waals surface area contributed by atoms with E-state index in [2.05, 4.69) is 9.05 Å². The molecule has 0 saturated carbocycles. The molecule has 1 unspecified atom stereocenters. The van der Waals surface area contributed by atoms with Gasteiger partial charge in [0.05, 0.1) is 6.61 Å². The first kappa shape index (κ1) is 13.2. The van der Waals surface area contributed by atoms with E-state index in [0.29, 0.717) is 0 Å². The summed E-state index contributed by atoms with van der Waals surface area (Å²) in [5.74, 6) is 0. The van der Waals surface area contributed by atoms with E-state index in [9.17, 15) is 4.57 Å². The van der Waals surface area contributed by atoms with Crippen LogP contribution in [0.2, 0.25) is 6.04 Å². The van der Waals surface area contributed by atoms with Gasteiger partial charge in [0.2, 0.25) is 0 Å². The number of hydrogen-bond acceptors (Lipinski definition) is 6. The number of phosphoric acid groups is 1. The summed E-state index contributed by atoms with van der Waals surface area (Å²) in [6.07, 6.45) is 0.0730. The van der Waals surface area contributed by atoms with Gasteiger partial charge in [-0.25, -0.2) is 4.57 Å². The van der Waals surface area contributed by atoms with Crippen molar-refractivity contribution in [2.24, 2.45) is 0 Å². The summed E-state index contributed by atoms with van der Waals surface area (Å²) < 4.78 is 19.1. The third kappa shape index (κ3) is 8.53. The summed E-state index contributed by atoms with van der Waals surface area (Å²) in [6, 6.07) is -0.239. The zero-order valence-electron chi connectivity index (χ0n) is 7.08. The van der Waals surface area contributed by atoms with Crippen molar-refractivity contribution in [1.29, 1.82) is 0 Å². The van der Waals surface area contributed by atoms with Gasteiger partial charge in [-0.2, -0.15) is 0 Å². The molecule has 1 atom stereocenters. The Morgan fingerprint density at radius 2 is 1.92 bits per heavy atom. The van der Waals surface area contributed by atoms with Gasteiger partial charge in [-0.1, -0.05) is 0 Å². The van der Waals surface area contributed by atoms with E-state index in [1.807, 2.05) is 0 Å². The Labute approximate surface area is 76.5 Å². The zero-order chi connectivity index (χ0) is 10.5. The minimum absolute atomic E-state index is 0.0730. The molecule has 7 nitrogen and oxygen atoms in total. The van der Waals surface area contributed by atoms with Crippen LogP contribution in [-0.2, 0) is 13.6 Å². The molecule has 13 heavy (non-hydrogen) atoms. The highest BCUT2D eigenvalue weighted by molar-refractivity contribution is 7.47. The molecule has 0 heterocycles. The lowest BCUT2D eigenvalue weighted by Gasteiger charge is -2.11. The fraction of sp³-hybridized carbons (Fsp3) is 1.00. The van der Waals surface area contributed by atoms with Crippen molar-refractivity contribution in [3.63, 3.8) is 0 Å². The molecule has 0 radical (unpaired) electrons. The van der Waals surface area contributed by atoms with E-state index in [1.54, 1.807) is 0 Å². The Morgan fingerprint density at radius 3 is 2.31 bits per heavy atom. The smallest absolute Gasteiger partial charge is 0.390 e. The quantitative estimate of drug-likeness (QED) is 0.265. The molecule has 0 aromatic rings. The molecule has 9 heteroatoms. The van der Waals surface area contributed by atoms with Crippen molar-refractivity contribution in [2.45, 2.75) is 12.5 Å². The van der Waals surface area contributed by atoms with Crippen LogP contribution in [0.4, 0.5) is 0 Å². The van der Waals surface area contributed by atoms with E-state index in [1.165, 1.54) is 0 Å². The van der Waals surface area contributed by atoms with Crippen LogP contribution in [0.5, 0.6) is 0 Å². The van der Waals surface area contributed by atoms with Gasteiger partial charge in [0, 0.05) is 13.2 Å². The molecule has 0 aliphatic carbocycles. The van der Waals surface area contributed by atoms with E-state index < -0.39 is 16.6 Å². The minimum Gasteiger partial charge on any atom is -0.390 e. The summed E-state index contributed by atoms with van der Waals surface area (Å²) in [6.45, 7) is -0.182. The maximum absolute atomic E-state index is 10.6. The van der Waals surface area contributed by atoms with E-state index in [4.69, 9.17) is 19.3 Å². The van der Waals surface area contributed by atoms with Crippen LogP contribution in [0.25, 0.3) is 0 Å². The van der Waals surface area contributed by atoms with Crippen LogP contribution >= 0.6 is 7.82 Å². The first-order valence-electron chi connectivity index (χ1n) is 3.47. The predicted octanol–water partition coefficient (Wildman–Crippen LogP) is -0.944. The van der Waals surface area contributed by atoms with E-state index in [-0.39, 0.29) is 19.1 Å². The highest BCUT2D eigenvalue weighted by Gasteiger charge is 2.26. The molecule has 4 N–H and O–H groups in total. The summed E-state index contributed by atoms with van der Waals surface area (Å²) in [5, 5.41) is 0. The van der Waals surface area contributed by atoms with Gasteiger partial charge < -0.3 is 19.3 Å². The standard InChI is InChI=1S/C4H13O7PSi/c1-10-12(5,6)11-3-2-4-13(7,8)9/h7-9H,2-4H2,1H3,(H,5,6). The Hall–Kier alpha value is 0.207.